The number of hydrogen-bond donors (Lipinski definition) is 2. The molecule has 1 heterocycles. The second kappa shape index (κ2) is 7.56. The largest absolute Gasteiger partial charge is 0.468 e. The van der Waals surface area contributed by atoms with E-state index >= 15 is 0 Å². The molecule has 0 radical (unpaired) electrons. The van der Waals surface area contributed by atoms with Crippen LogP contribution in [0.25, 0.3) is 0 Å². The van der Waals surface area contributed by atoms with E-state index in [0.29, 0.717) is 24.3 Å². The quantitative estimate of drug-likeness (QED) is 0.765. The molecule has 1 aromatic heterocycles. The number of sulfone groups is 1. The van der Waals surface area contributed by atoms with Gasteiger partial charge in [-0.3, -0.25) is 10.3 Å². The molecule has 27 heavy (non-hydrogen) atoms. The average Bonchev–Trinajstić information content (AvgIpc) is 3.04. The van der Waals surface area contributed by atoms with E-state index in [-0.39, 0.29) is 10.9 Å². The van der Waals surface area contributed by atoms with Crippen molar-refractivity contribution in [2.75, 3.05) is 11.6 Å². The zero-order chi connectivity index (χ0) is 19.5. The summed E-state index contributed by atoms with van der Waals surface area (Å²) in [5, 5.41) is 5.75. The SMILES string of the molecule is Cc1ccncc1NC(=O)NC1(Oc2ccc(S(C)(=O)=O)cc2)CCCC1. The lowest BCUT2D eigenvalue weighted by Gasteiger charge is -2.31. The Bertz CT molecular complexity index is 920. The van der Waals surface area contributed by atoms with Crippen molar-refractivity contribution in [3.63, 3.8) is 0 Å². The summed E-state index contributed by atoms with van der Waals surface area (Å²) in [6.07, 6.45) is 7.66. The molecule has 1 aromatic carbocycles. The van der Waals surface area contributed by atoms with Gasteiger partial charge in [0, 0.05) is 25.3 Å². The maximum Gasteiger partial charge on any atom is 0.322 e. The van der Waals surface area contributed by atoms with Crippen molar-refractivity contribution < 1.29 is 17.9 Å². The molecule has 0 aliphatic heterocycles. The smallest absolute Gasteiger partial charge is 0.322 e. The molecule has 3 rings (SSSR count). The number of nitrogens with zero attached hydrogens (tertiary/aromatic N) is 1. The van der Waals surface area contributed by atoms with Crippen molar-refractivity contribution >= 4 is 21.6 Å². The van der Waals surface area contributed by atoms with Gasteiger partial charge in [-0.25, -0.2) is 13.2 Å². The van der Waals surface area contributed by atoms with Gasteiger partial charge in [-0.05, 0) is 55.7 Å². The Morgan fingerprint density at radius 3 is 2.41 bits per heavy atom. The van der Waals surface area contributed by atoms with E-state index in [0.717, 1.165) is 24.7 Å². The van der Waals surface area contributed by atoms with E-state index in [1.807, 2.05) is 13.0 Å². The summed E-state index contributed by atoms with van der Waals surface area (Å²) >= 11 is 0. The van der Waals surface area contributed by atoms with Gasteiger partial charge in [0.2, 0.25) is 0 Å². The highest BCUT2D eigenvalue weighted by Gasteiger charge is 2.38. The number of urea groups is 1. The van der Waals surface area contributed by atoms with Crippen molar-refractivity contribution in [3.8, 4) is 5.75 Å². The molecule has 8 heteroatoms. The zero-order valence-corrected chi connectivity index (χ0v) is 16.2. The summed E-state index contributed by atoms with van der Waals surface area (Å²) in [6.45, 7) is 1.89. The van der Waals surface area contributed by atoms with Crippen molar-refractivity contribution in [1.29, 1.82) is 0 Å². The predicted octanol–water partition coefficient (Wildman–Crippen LogP) is 3.26. The molecule has 1 fully saturated rings. The highest BCUT2D eigenvalue weighted by Crippen LogP contribution is 2.33. The monoisotopic (exact) mass is 389 g/mol. The molecule has 144 valence electrons. The molecule has 0 saturated heterocycles. The number of carbonyl (C=O) groups excluding carboxylic acids is 1. The Morgan fingerprint density at radius 1 is 1.15 bits per heavy atom. The van der Waals surface area contributed by atoms with Gasteiger partial charge in [-0.1, -0.05) is 0 Å². The molecule has 0 bridgehead atoms. The lowest BCUT2D eigenvalue weighted by molar-refractivity contribution is 0.0526. The number of amides is 2. The number of ether oxygens (including phenoxy) is 1. The topological polar surface area (TPSA) is 97.4 Å². The van der Waals surface area contributed by atoms with Crippen LogP contribution in [0.3, 0.4) is 0 Å². The van der Waals surface area contributed by atoms with Crippen LogP contribution in [0.4, 0.5) is 10.5 Å². The molecule has 0 spiro atoms. The molecule has 7 nitrogen and oxygen atoms in total. The van der Waals surface area contributed by atoms with E-state index in [1.165, 1.54) is 12.1 Å². The summed E-state index contributed by atoms with van der Waals surface area (Å²) in [5.74, 6) is 0.516. The number of aromatic nitrogens is 1. The highest BCUT2D eigenvalue weighted by atomic mass is 32.2. The third-order valence-electron chi connectivity index (χ3n) is 4.60. The molecule has 2 amide bonds. The van der Waals surface area contributed by atoms with Gasteiger partial charge in [0.05, 0.1) is 16.8 Å². The van der Waals surface area contributed by atoms with Crippen LogP contribution in [-0.4, -0.2) is 31.4 Å². The molecule has 1 aliphatic carbocycles. The van der Waals surface area contributed by atoms with Gasteiger partial charge in [0.15, 0.2) is 15.6 Å². The number of carbonyl (C=O) groups is 1. The number of nitrogens with one attached hydrogen (secondary N) is 2. The first-order chi connectivity index (χ1) is 12.8. The summed E-state index contributed by atoms with van der Waals surface area (Å²) in [6, 6.07) is 7.70. The molecule has 2 N–H and O–H groups in total. The van der Waals surface area contributed by atoms with Crippen LogP contribution in [0.2, 0.25) is 0 Å². The standard InChI is InChI=1S/C19H23N3O4S/c1-14-9-12-20-13-17(14)21-18(23)22-19(10-3-4-11-19)26-15-5-7-16(8-6-15)27(2,24)25/h5-9,12-13H,3-4,10-11H2,1-2H3,(H2,21,22,23). The number of rotatable bonds is 5. The number of pyridine rings is 1. The Hall–Kier alpha value is -2.61. The van der Waals surface area contributed by atoms with Crippen molar-refractivity contribution in [1.82, 2.24) is 10.3 Å². The lowest BCUT2D eigenvalue weighted by Crippen LogP contribution is -2.52. The Kier molecular flexibility index (Phi) is 5.36. The molecule has 1 aliphatic rings. The summed E-state index contributed by atoms with van der Waals surface area (Å²) < 4.78 is 29.3. The maximum absolute atomic E-state index is 12.5. The summed E-state index contributed by atoms with van der Waals surface area (Å²) in [4.78, 5) is 16.7. The van der Waals surface area contributed by atoms with Crippen LogP contribution >= 0.6 is 0 Å². The molecular weight excluding hydrogens is 366 g/mol. The van der Waals surface area contributed by atoms with Gasteiger partial charge >= 0.3 is 6.03 Å². The van der Waals surface area contributed by atoms with E-state index in [9.17, 15) is 13.2 Å². The number of hydrogen-bond acceptors (Lipinski definition) is 5. The minimum Gasteiger partial charge on any atom is -0.468 e. The predicted molar refractivity (Wildman–Crippen MR) is 103 cm³/mol. The van der Waals surface area contributed by atoms with Gasteiger partial charge in [-0.2, -0.15) is 0 Å². The van der Waals surface area contributed by atoms with E-state index in [2.05, 4.69) is 15.6 Å². The van der Waals surface area contributed by atoms with Crippen LogP contribution in [-0.2, 0) is 9.84 Å². The molecule has 0 atom stereocenters. The second-order valence-electron chi connectivity index (χ2n) is 6.82. The third kappa shape index (κ3) is 4.77. The maximum atomic E-state index is 12.5. The first-order valence-corrected chi connectivity index (χ1v) is 10.7. The highest BCUT2D eigenvalue weighted by molar-refractivity contribution is 7.90. The number of anilines is 1. The molecule has 2 aromatic rings. The minimum absolute atomic E-state index is 0.230. The first kappa shape index (κ1) is 19.2. The lowest BCUT2D eigenvalue weighted by atomic mass is 10.2. The summed E-state index contributed by atoms with van der Waals surface area (Å²) in [7, 11) is -3.26. The van der Waals surface area contributed by atoms with E-state index in [4.69, 9.17) is 4.74 Å². The van der Waals surface area contributed by atoms with Gasteiger partial charge in [0.25, 0.3) is 0 Å². The van der Waals surface area contributed by atoms with Crippen molar-refractivity contribution in [2.45, 2.75) is 43.2 Å². The second-order valence-corrected chi connectivity index (χ2v) is 8.83. The Morgan fingerprint density at radius 2 is 1.81 bits per heavy atom. The van der Waals surface area contributed by atoms with Gasteiger partial charge in [-0.15, -0.1) is 0 Å². The van der Waals surface area contributed by atoms with Crippen LogP contribution in [0.15, 0.2) is 47.6 Å². The Balaban J connectivity index is 1.72. The Labute approximate surface area is 159 Å². The van der Waals surface area contributed by atoms with Gasteiger partial charge in [0.1, 0.15) is 5.75 Å². The molecule has 0 unspecified atom stereocenters. The van der Waals surface area contributed by atoms with Crippen molar-refractivity contribution in [2.24, 2.45) is 0 Å². The summed E-state index contributed by atoms with van der Waals surface area (Å²) in [5.41, 5.74) is 0.742. The zero-order valence-electron chi connectivity index (χ0n) is 15.4. The van der Waals surface area contributed by atoms with E-state index < -0.39 is 15.6 Å². The number of benzene rings is 1. The fourth-order valence-electron chi connectivity index (χ4n) is 3.13. The van der Waals surface area contributed by atoms with Crippen LogP contribution in [0.1, 0.15) is 31.2 Å². The van der Waals surface area contributed by atoms with Crippen molar-refractivity contribution in [3.05, 3.63) is 48.3 Å². The number of aryl methyl sites for hydroxylation is 1. The van der Waals surface area contributed by atoms with Gasteiger partial charge < -0.3 is 10.1 Å². The van der Waals surface area contributed by atoms with Crippen LogP contribution in [0, 0.1) is 6.92 Å². The van der Waals surface area contributed by atoms with Crippen LogP contribution in [0.5, 0.6) is 5.75 Å². The van der Waals surface area contributed by atoms with Crippen LogP contribution < -0.4 is 15.4 Å². The van der Waals surface area contributed by atoms with E-state index in [1.54, 1.807) is 24.5 Å². The third-order valence-corrected chi connectivity index (χ3v) is 5.73. The fourth-order valence-corrected chi connectivity index (χ4v) is 3.76. The molecule has 1 saturated carbocycles. The minimum atomic E-state index is -3.26. The first-order valence-electron chi connectivity index (χ1n) is 8.76. The normalized spacial score (nSPS) is 15.9. The molecular formula is C19H23N3O4S. The average molecular weight is 389 g/mol. The fraction of sp³-hybridized carbons (Fsp3) is 0.368.